The third kappa shape index (κ3) is 43.2. The van der Waals surface area contributed by atoms with Gasteiger partial charge in [0.15, 0.2) is 12.6 Å². The van der Waals surface area contributed by atoms with Gasteiger partial charge in [-0.1, -0.05) is 298 Å². The van der Waals surface area contributed by atoms with E-state index in [2.05, 4.69) is 92.1 Å². The lowest BCUT2D eigenvalue weighted by Gasteiger charge is -2.46. The van der Waals surface area contributed by atoms with Crippen LogP contribution in [0.4, 0.5) is 0 Å². The Labute approximate surface area is 548 Å². The van der Waals surface area contributed by atoms with Crippen LogP contribution < -0.4 is 5.32 Å². The molecule has 2 fully saturated rings. The van der Waals surface area contributed by atoms with Crippen molar-refractivity contribution in [3.8, 4) is 0 Å². The fraction of sp³-hybridized carbons (Fsp3) is 0.803. The average Bonchev–Trinajstić information content (AvgIpc) is 1.04. The Morgan fingerprint density at radius 3 is 1.22 bits per heavy atom. The second kappa shape index (κ2) is 59.9. The number of amides is 1. The molecule has 2 heterocycles. The summed E-state index contributed by atoms with van der Waals surface area (Å²) in [4.78, 5) is 13.3. The van der Waals surface area contributed by atoms with E-state index in [0.29, 0.717) is 12.8 Å². The zero-order valence-electron chi connectivity index (χ0n) is 56.9. The molecule has 2 rings (SSSR count). The number of aliphatic hydroxyl groups excluding tert-OH is 8. The highest BCUT2D eigenvalue weighted by molar-refractivity contribution is 5.76. The molecular weight excluding hydrogens is 1130 g/mol. The number of nitrogens with one attached hydrogen (secondary N) is 1. The molecule has 0 saturated carbocycles. The Morgan fingerprint density at radius 2 is 0.778 bits per heavy atom. The number of carbonyl (C=O) groups excluding carboxylic acids is 1. The first-order valence-electron chi connectivity index (χ1n) is 36.8. The number of allylic oxidation sites excluding steroid dienone is 13. The van der Waals surface area contributed by atoms with E-state index in [9.17, 15) is 45.6 Å². The maximum Gasteiger partial charge on any atom is 0.220 e. The van der Waals surface area contributed by atoms with Gasteiger partial charge in [-0.05, 0) is 77.0 Å². The van der Waals surface area contributed by atoms with Crippen LogP contribution in [-0.2, 0) is 23.7 Å². The molecule has 1 amide bonds. The van der Waals surface area contributed by atoms with Crippen LogP contribution in [0.25, 0.3) is 0 Å². The van der Waals surface area contributed by atoms with Gasteiger partial charge in [0.1, 0.15) is 48.8 Å². The van der Waals surface area contributed by atoms with Crippen molar-refractivity contribution in [2.45, 2.75) is 370 Å². The molecule has 12 atom stereocenters. The first-order chi connectivity index (χ1) is 44.1. The van der Waals surface area contributed by atoms with Gasteiger partial charge in [-0.25, -0.2) is 0 Å². The minimum atomic E-state index is -1.79. The fourth-order valence-corrected chi connectivity index (χ4v) is 11.7. The molecule has 2 saturated heterocycles. The first kappa shape index (κ1) is 83.3. The van der Waals surface area contributed by atoms with Gasteiger partial charge in [-0.3, -0.25) is 4.79 Å². The van der Waals surface area contributed by atoms with Crippen LogP contribution in [0.15, 0.2) is 85.1 Å². The number of ether oxygens (including phenoxy) is 4. The Hall–Kier alpha value is -2.83. The van der Waals surface area contributed by atoms with Gasteiger partial charge in [-0.2, -0.15) is 0 Å². The highest BCUT2D eigenvalue weighted by Gasteiger charge is 2.51. The molecule has 0 aliphatic carbocycles. The van der Waals surface area contributed by atoms with Crippen molar-refractivity contribution in [1.29, 1.82) is 0 Å². The average molecular weight is 1270 g/mol. The Kier molecular flexibility index (Phi) is 55.4. The largest absolute Gasteiger partial charge is 0.394 e. The van der Waals surface area contributed by atoms with Crippen LogP contribution in [0.1, 0.15) is 296 Å². The van der Waals surface area contributed by atoms with Crippen molar-refractivity contribution >= 4 is 5.91 Å². The number of carbonyl (C=O) groups is 1. The van der Waals surface area contributed by atoms with E-state index < -0.39 is 86.8 Å². The number of unbranched alkanes of at least 4 members (excludes halogenated alkanes) is 35. The van der Waals surface area contributed by atoms with Gasteiger partial charge in [0.05, 0.1) is 32.0 Å². The van der Waals surface area contributed by atoms with E-state index in [0.717, 1.165) is 64.2 Å². The summed E-state index contributed by atoms with van der Waals surface area (Å²) in [6, 6.07) is -0.933. The molecule has 14 heteroatoms. The van der Waals surface area contributed by atoms with Gasteiger partial charge in [0.25, 0.3) is 0 Å². The minimum absolute atomic E-state index is 0.246. The van der Waals surface area contributed by atoms with E-state index in [1.165, 1.54) is 199 Å². The molecule has 2 aliphatic rings. The third-order valence-corrected chi connectivity index (χ3v) is 17.6. The maximum absolute atomic E-state index is 13.3. The summed E-state index contributed by atoms with van der Waals surface area (Å²) >= 11 is 0. The van der Waals surface area contributed by atoms with Crippen molar-refractivity contribution in [2.24, 2.45) is 0 Å². The van der Waals surface area contributed by atoms with E-state index in [1.54, 1.807) is 6.08 Å². The summed E-state index contributed by atoms with van der Waals surface area (Å²) < 4.78 is 22.8. The van der Waals surface area contributed by atoms with Crippen molar-refractivity contribution in [3.05, 3.63) is 85.1 Å². The molecule has 2 aliphatic heterocycles. The van der Waals surface area contributed by atoms with Gasteiger partial charge in [0.2, 0.25) is 5.91 Å². The molecular formula is C76H135NO13. The van der Waals surface area contributed by atoms with E-state index >= 15 is 0 Å². The second-order valence-corrected chi connectivity index (χ2v) is 25.7. The smallest absolute Gasteiger partial charge is 0.220 e. The lowest BCUT2D eigenvalue weighted by Crippen LogP contribution is -2.65. The normalized spacial score (nSPS) is 23.4. The Morgan fingerprint density at radius 1 is 0.411 bits per heavy atom. The number of rotatable bonds is 60. The number of aliphatic hydroxyl groups is 8. The molecule has 90 heavy (non-hydrogen) atoms. The van der Waals surface area contributed by atoms with Crippen molar-refractivity contribution in [1.82, 2.24) is 5.32 Å². The van der Waals surface area contributed by atoms with Crippen LogP contribution in [0, 0.1) is 0 Å². The van der Waals surface area contributed by atoms with Crippen LogP contribution in [-0.4, -0.2) is 140 Å². The number of hydrogen-bond acceptors (Lipinski definition) is 13. The summed E-state index contributed by atoms with van der Waals surface area (Å²) in [5.74, 6) is -0.246. The summed E-state index contributed by atoms with van der Waals surface area (Å²) in [6.45, 7) is 2.69. The predicted molar refractivity (Wildman–Crippen MR) is 369 cm³/mol. The van der Waals surface area contributed by atoms with Crippen LogP contribution in [0.5, 0.6) is 0 Å². The van der Waals surface area contributed by atoms with E-state index in [1.807, 2.05) is 6.08 Å². The monoisotopic (exact) mass is 1270 g/mol. The summed E-state index contributed by atoms with van der Waals surface area (Å²) in [5, 5.41) is 87.4. The van der Waals surface area contributed by atoms with Gasteiger partial charge in [0, 0.05) is 6.42 Å². The summed E-state index contributed by atoms with van der Waals surface area (Å²) in [5.41, 5.74) is 0. The second-order valence-electron chi connectivity index (χ2n) is 25.7. The standard InChI is InChI=1S/C76H135NO13/c1-3-5-7-9-11-13-15-17-19-21-22-23-24-25-26-27-28-29-30-31-32-33-34-35-36-37-38-39-40-41-42-44-46-48-50-52-54-56-58-60-68(81)77-64(65(80)59-57-55-53-51-49-47-45-43-20-18-16-14-12-10-8-6-4-2)63-87-75-73(86)71(84)74(67(62-79)89-75)90-76-72(85)70(83)69(82)66(61-78)88-76/h5,7,11,13,17,19,22-23,25-26,49,51,57,59,64-67,69-76,78-80,82-86H,3-4,6,8-10,12,14-16,18,20-21,24,27-48,50,52-56,58,60-63H2,1-2H3,(H,77,81)/b7-5-,13-11-,19-17-,23-22-,26-25-,51-49+,59-57+. The fourth-order valence-electron chi connectivity index (χ4n) is 11.7. The van der Waals surface area contributed by atoms with Crippen molar-refractivity contribution < 1.29 is 64.6 Å². The molecule has 12 unspecified atom stereocenters. The summed E-state index contributed by atoms with van der Waals surface area (Å²) in [7, 11) is 0. The quantitative estimate of drug-likeness (QED) is 0.0204. The third-order valence-electron chi connectivity index (χ3n) is 17.6. The molecule has 0 aromatic carbocycles. The maximum atomic E-state index is 13.3. The zero-order valence-corrected chi connectivity index (χ0v) is 56.9. The SMILES string of the molecule is CC/C=C\C/C=C\C/C=C\C/C=C\C/C=C\CCCCCCCCCCCCCCCCCCCCCCCCCC(=O)NC(COC1OC(CO)C(OC2OC(CO)C(O)C(O)C2O)C(O)C1O)C(O)/C=C/CC/C=C/CCCCCCCCCCCCC. The molecule has 14 nitrogen and oxygen atoms in total. The highest BCUT2D eigenvalue weighted by atomic mass is 16.7. The molecule has 0 radical (unpaired) electrons. The van der Waals surface area contributed by atoms with Crippen LogP contribution in [0.3, 0.4) is 0 Å². The Balaban J connectivity index is 1.58. The summed E-state index contributed by atoms with van der Waals surface area (Å²) in [6.07, 6.45) is 66.6. The van der Waals surface area contributed by atoms with Crippen LogP contribution in [0.2, 0.25) is 0 Å². The Bertz CT molecular complexity index is 1830. The topological polar surface area (TPSA) is 228 Å². The highest BCUT2D eigenvalue weighted by Crippen LogP contribution is 2.30. The van der Waals surface area contributed by atoms with Gasteiger partial charge >= 0.3 is 0 Å². The van der Waals surface area contributed by atoms with Gasteiger partial charge < -0.3 is 65.1 Å². The molecule has 522 valence electrons. The lowest BCUT2D eigenvalue weighted by molar-refractivity contribution is -0.359. The molecule has 0 spiro atoms. The predicted octanol–water partition coefficient (Wildman–Crippen LogP) is 15.6. The lowest BCUT2D eigenvalue weighted by atomic mass is 9.97. The van der Waals surface area contributed by atoms with Crippen molar-refractivity contribution in [2.75, 3.05) is 19.8 Å². The number of hydrogen-bond donors (Lipinski definition) is 9. The van der Waals surface area contributed by atoms with E-state index in [4.69, 9.17) is 18.9 Å². The van der Waals surface area contributed by atoms with E-state index in [-0.39, 0.29) is 18.9 Å². The van der Waals surface area contributed by atoms with Gasteiger partial charge in [-0.15, -0.1) is 0 Å². The minimum Gasteiger partial charge on any atom is -0.394 e. The molecule has 0 aromatic rings. The molecule has 9 N–H and O–H groups in total. The molecule has 0 bridgehead atoms. The molecule has 0 aromatic heterocycles. The van der Waals surface area contributed by atoms with Crippen LogP contribution >= 0.6 is 0 Å². The first-order valence-corrected chi connectivity index (χ1v) is 36.8. The zero-order chi connectivity index (χ0) is 65.2. The van der Waals surface area contributed by atoms with Crippen molar-refractivity contribution in [3.63, 3.8) is 0 Å².